The van der Waals surface area contributed by atoms with E-state index in [9.17, 15) is 13.2 Å². The molecule has 0 aliphatic carbocycles. The minimum atomic E-state index is -3.53. The molecular formula is C17H21N3O4S. The van der Waals surface area contributed by atoms with Gasteiger partial charge in [-0.3, -0.25) is 9.52 Å². The second-order valence-corrected chi connectivity index (χ2v) is 7.17. The molecule has 2 aromatic rings. The van der Waals surface area contributed by atoms with E-state index in [0.29, 0.717) is 23.4 Å². The first-order valence-corrected chi connectivity index (χ1v) is 9.35. The number of nitrogens with one attached hydrogen (secondary N) is 2. The number of amides is 1. The summed E-state index contributed by atoms with van der Waals surface area (Å²) in [5.41, 5.74) is 1.82. The number of benzene rings is 2. The molecule has 2 rings (SSSR count). The minimum absolute atomic E-state index is 0.113. The van der Waals surface area contributed by atoms with Crippen molar-refractivity contribution in [2.45, 2.75) is 12.2 Å². The topological polar surface area (TPSA) is 111 Å². The van der Waals surface area contributed by atoms with Crippen LogP contribution in [0.4, 0.5) is 5.69 Å². The predicted molar refractivity (Wildman–Crippen MR) is 96.0 cm³/mol. The molecule has 0 atom stereocenters. The van der Waals surface area contributed by atoms with Crippen LogP contribution in [0.15, 0.2) is 54.6 Å². The Morgan fingerprint density at radius 2 is 1.76 bits per heavy atom. The van der Waals surface area contributed by atoms with Crippen LogP contribution in [-0.2, 0) is 31.8 Å². The quantitative estimate of drug-likeness (QED) is 0.458. The molecule has 0 saturated heterocycles. The lowest BCUT2D eigenvalue weighted by molar-refractivity contribution is -0.120. The lowest BCUT2D eigenvalue weighted by Gasteiger charge is -2.10. The van der Waals surface area contributed by atoms with Crippen LogP contribution in [0, 0.1) is 0 Å². The number of hydrogen-bond acceptors (Lipinski definition) is 5. The largest absolute Gasteiger partial charge is 0.353 e. The number of rotatable bonds is 9. The van der Waals surface area contributed by atoms with Gasteiger partial charge >= 0.3 is 0 Å². The maximum atomic E-state index is 12.3. The van der Waals surface area contributed by atoms with E-state index < -0.39 is 10.0 Å². The van der Waals surface area contributed by atoms with E-state index in [2.05, 4.69) is 14.9 Å². The van der Waals surface area contributed by atoms with Crippen molar-refractivity contribution < 1.29 is 18.0 Å². The molecule has 0 aromatic heterocycles. The molecule has 0 aliphatic heterocycles. The summed E-state index contributed by atoms with van der Waals surface area (Å²) in [6.45, 7) is 0.545. The van der Waals surface area contributed by atoms with Crippen molar-refractivity contribution in [3.05, 3.63) is 65.7 Å². The first-order valence-electron chi connectivity index (χ1n) is 7.70. The molecule has 25 heavy (non-hydrogen) atoms. The van der Waals surface area contributed by atoms with Gasteiger partial charge in [-0.2, -0.15) is 0 Å². The summed E-state index contributed by atoms with van der Waals surface area (Å²) in [4.78, 5) is 16.2. The van der Waals surface area contributed by atoms with Crippen LogP contribution >= 0.6 is 0 Å². The molecule has 8 heteroatoms. The highest BCUT2D eigenvalue weighted by Gasteiger charge is 2.12. The first-order chi connectivity index (χ1) is 12.0. The average Bonchev–Trinajstić information content (AvgIpc) is 2.55. The minimum Gasteiger partial charge on any atom is -0.353 e. The van der Waals surface area contributed by atoms with Gasteiger partial charge in [0.15, 0.2) is 0 Å². The van der Waals surface area contributed by atoms with E-state index in [4.69, 9.17) is 5.90 Å². The van der Waals surface area contributed by atoms with Gasteiger partial charge < -0.3 is 10.2 Å². The van der Waals surface area contributed by atoms with Gasteiger partial charge in [-0.05, 0) is 23.3 Å². The Kier molecular flexibility index (Phi) is 6.93. The second kappa shape index (κ2) is 9.16. The van der Waals surface area contributed by atoms with Crippen molar-refractivity contribution in [1.82, 2.24) is 5.32 Å². The van der Waals surface area contributed by atoms with E-state index in [1.54, 1.807) is 48.5 Å². The zero-order valence-electron chi connectivity index (χ0n) is 13.6. The molecule has 0 radical (unpaired) electrons. The lowest BCUT2D eigenvalue weighted by atomic mass is 10.1. The highest BCUT2D eigenvalue weighted by Crippen LogP contribution is 2.15. The molecular weight excluding hydrogens is 342 g/mol. The number of hydrogen-bond donors (Lipinski definition) is 3. The number of nitrogens with two attached hydrogens (primary N) is 1. The van der Waals surface area contributed by atoms with Gasteiger partial charge in [0.05, 0.1) is 18.8 Å². The normalized spacial score (nSPS) is 11.1. The van der Waals surface area contributed by atoms with Crippen LogP contribution in [0.2, 0.25) is 0 Å². The van der Waals surface area contributed by atoms with Gasteiger partial charge in [0.2, 0.25) is 15.9 Å². The molecule has 134 valence electrons. The van der Waals surface area contributed by atoms with Crippen LogP contribution in [0.1, 0.15) is 11.1 Å². The molecule has 0 unspecified atom stereocenters. The van der Waals surface area contributed by atoms with E-state index in [0.717, 1.165) is 0 Å². The third-order valence-electron chi connectivity index (χ3n) is 3.31. The molecule has 0 fully saturated rings. The van der Waals surface area contributed by atoms with Crippen LogP contribution in [0.25, 0.3) is 0 Å². The zero-order valence-corrected chi connectivity index (χ0v) is 14.5. The number of carbonyl (C=O) groups is 1. The molecule has 0 aliphatic rings. The van der Waals surface area contributed by atoms with E-state index in [1.807, 2.05) is 6.07 Å². The summed E-state index contributed by atoms with van der Waals surface area (Å²) in [6.07, 6.45) is 0.138. The van der Waals surface area contributed by atoms with Gasteiger partial charge in [-0.1, -0.05) is 42.5 Å². The van der Waals surface area contributed by atoms with Gasteiger partial charge in [0, 0.05) is 12.2 Å². The first kappa shape index (κ1) is 18.9. The molecule has 4 N–H and O–H groups in total. The number of sulfonamides is 1. The van der Waals surface area contributed by atoms with Crippen molar-refractivity contribution in [3.8, 4) is 0 Å². The second-order valence-electron chi connectivity index (χ2n) is 5.44. The van der Waals surface area contributed by atoms with Crippen molar-refractivity contribution in [2.24, 2.45) is 5.90 Å². The third kappa shape index (κ3) is 6.92. The van der Waals surface area contributed by atoms with Crippen molar-refractivity contribution in [2.75, 3.05) is 17.9 Å². The van der Waals surface area contributed by atoms with Gasteiger partial charge in [-0.25, -0.2) is 14.3 Å². The predicted octanol–water partition coefficient (Wildman–Crippen LogP) is 1.18. The maximum Gasteiger partial charge on any atom is 0.236 e. The van der Waals surface area contributed by atoms with Crippen LogP contribution in [0.3, 0.4) is 0 Å². The summed E-state index contributed by atoms with van der Waals surface area (Å²) >= 11 is 0. The highest BCUT2D eigenvalue weighted by atomic mass is 32.2. The molecule has 0 spiro atoms. The third-order valence-corrected chi connectivity index (χ3v) is 4.57. The Hall–Kier alpha value is -2.42. The van der Waals surface area contributed by atoms with Crippen molar-refractivity contribution in [1.29, 1.82) is 0 Å². The molecule has 0 heterocycles. The fraction of sp³-hybridized carbons (Fsp3) is 0.235. The Balaban J connectivity index is 1.97. The smallest absolute Gasteiger partial charge is 0.236 e. The molecule has 1 amide bonds. The lowest BCUT2D eigenvalue weighted by Crippen LogP contribution is -2.29. The fourth-order valence-corrected chi connectivity index (χ4v) is 3.44. The fourth-order valence-electron chi connectivity index (χ4n) is 2.25. The number of anilines is 1. The highest BCUT2D eigenvalue weighted by molar-refractivity contribution is 7.91. The standard InChI is InChI=1S/C17H21N3O4S/c18-24-10-9-19-17(21)12-15-7-4-8-16(11-15)20-25(22,23)13-14-5-2-1-3-6-14/h1-8,11,20H,9-10,12-13,18H2,(H,19,21). The molecule has 0 saturated carbocycles. The van der Waals surface area contributed by atoms with Crippen molar-refractivity contribution in [3.63, 3.8) is 0 Å². The van der Waals surface area contributed by atoms with Crippen LogP contribution in [-0.4, -0.2) is 27.5 Å². The van der Waals surface area contributed by atoms with Gasteiger partial charge in [-0.15, -0.1) is 0 Å². The summed E-state index contributed by atoms with van der Waals surface area (Å²) in [5, 5.41) is 2.65. The summed E-state index contributed by atoms with van der Waals surface area (Å²) < 4.78 is 27.1. The number of carbonyl (C=O) groups excluding carboxylic acids is 1. The molecule has 7 nitrogen and oxygen atoms in total. The molecule has 2 aromatic carbocycles. The van der Waals surface area contributed by atoms with E-state index >= 15 is 0 Å². The maximum absolute atomic E-state index is 12.3. The average molecular weight is 363 g/mol. The van der Waals surface area contributed by atoms with Gasteiger partial charge in [0.25, 0.3) is 0 Å². The molecule has 0 bridgehead atoms. The summed E-state index contributed by atoms with van der Waals surface area (Å²) in [5.74, 6) is 4.58. The van der Waals surface area contributed by atoms with Gasteiger partial charge in [0.1, 0.15) is 0 Å². The monoisotopic (exact) mass is 363 g/mol. The summed E-state index contributed by atoms with van der Waals surface area (Å²) in [7, 11) is -3.53. The van der Waals surface area contributed by atoms with Crippen molar-refractivity contribution >= 4 is 21.6 Å². The Morgan fingerprint density at radius 1 is 1.04 bits per heavy atom. The van der Waals surface area contributed by atoms with Crippen LogP contribution < -0.4 is 15.9 Å². The zero-order chi connectivity index (χ0) is 18.1. The summed E-state index contributed by atoms with van der Waals surface area (Å²) in [6, 6.07) is 15.7. The van der Waals surface area contributed by atoms with E-state index in [-0.39, 0.29) is 24.7 Å². The Morgan fingerprint density at radius 3 is 2.48 bits per heavy atom. The van der Waals surface area contributed by atoms with E-state index in [1.165, 1.54) is 0 Å². The SMILES string of the molecule is NOCCNC(=O)Cc1cccc(NS(=O)(=O)Cc2ccccc2)c1. The Bertz CT molecular complexity index is 795. The van der Waals surface area contributed by atoms with Crippen LogP contribution in [0.5, 0.6) is 0 Å². The Labute approximate surface area is 147 Å².